The van der Waals surface area contributed by atoms with Crippen LogP contribution in [0.5, 0.6) is 0 Å². The summed E-state index contributed by atoms with van der Waals surface area (Å²) in [6.07, 6.45) is 1.31. The third-order valence-electron chi connectivity index (χ3n) is 3.92. The second-order valence-electron chi connectivity index (χ2n) is 5.17. The molecule has 1 heterocycles. The lowest BCUT2D eigenvalue weighted by Crippen LogP contribution is -2.18. The summed E-state index contributed by atoms with van der Waals surface area (Å²) >= 11 is 1.85. The van der Waals surface area contributed by atoms with Crippen molar-refractivity contribution in [2.24, 2.45) is 5.92 Å². The summed E-state index contributed by atoms with van der Waals surface area (Å²) in [5.74, 6) is 1.50. The van der Waals surface area contributed by atoms with Crippen LogP contribution in [-0.4, -0.2) is 7.05 Å². The Morgan fingerprint density at radius 1 is 1.28 bits per heavy atom. The molecule has 3 rings (SSSR count). The molecule has 18 heavy (non-hydrogen) atoms. The van der Waals surface area contributed by atoms with Crippen LogP contribution < -0.4 is 5.32 Å². The van der Waals surface area contributed by atoms with Gasteiger partial charge >= 0.3 is 0 Å². The van der Waals surface area contributed by atoms with Gasteiger partial charge in [0.25, 0.3) is 0 Å². The Bertz CT molecular complexity index is 517. The summed E-state index contributed by atoms with van der Waals surface area (Å²) in [5, 5.41) is 5.80. The van der Waals surface area contributed by atoms with E-state index >= 15 is 0 Å². The van der Waals surface area contributed by atoms with Crippen LogP contribution in [0, 0.1) is 12.8 Å². The Labute approximate surface area is 113 Å². The Kier molecular flexibility index (Phi) is 3.23. The Hall–Kier alpha value is -1.12. The van der Waals surface area contributed by atoms with Gasteiger partial charge in [0.15, 0.2) is 0 Å². The molecule has 0 saturated heterocycles. The van der Waals surface area contributed by atoms with Crippen LogP contribution in [0.4, 0.5) is 0 Å². The van der Waals surface area contributed by atoms with Gasteiger partial charge in [0, 0.05) is 10.9 Å². The molecule has 0 amide bonds. The van der Waals surface area contributed by atoms with Gasteiger partial charge in [-0.15, -0.1) is 11.3 Å². The molecule has 1 nitrogen and oxygen atoms in total. The van der Waals surface area contributed by atoms with E-state index in [0.29, 0.717) is 6.04 Å². The third kappa shape index (κ3) is 2.23. The lowest BCUT2D eigenvalue weighted by Gasteiger charge is -2.15. The highest BCUT2D eigenvalue weighted by Crippen LogP contribution is 2.54. The number of hydrogen-bond donors (Lipinski definition) is 1. The van der Waals surface area contributed by atoms with Crippen LogP contribution >= 0.6 is 11.3 Å². The maximum absolute atomic E-state index is 3.50. The minimum absolute atomic E-state index is 0.514. The van der Waals surface area contributed by atoms with Gasteiger partial charge in [-0.05, 0) is 54.8 Å². The normalized spacial score (nSPS) is 23.9. The minimum Gasteiger partial charge on any atom is -0.313 e. The zero-order valence-corrected chi connectivity index (χ0v) is 11.7. The molecule has 1 fully saturated rings. The van der Waals surface area contributed by atoms with E-state index in [1.807, 2.05) is 11.3 Å². The summed E-state index contributed by atoms with van der Waals surface area (Å²) in [4.78, 5) is 1.40. The lowest BCUT2D eigenvalue weighted by molar-refractivity contribution is 0.519. The number of aryl methyl sites for hydroxylation is 1. The van der Waals surface area contributed by atoms with E-state index in [2.05, 4.69) is 61.1 Å². The zero-order valence-electron chi connectivity index (χ0n) is 10.9. The van der Waals surface area contributed by atoms with Gasteiger partial charge in [0.1, 0.15) is 0 Å². The zero-order chi connectivity index (χ0) is 12.5. The van der Waals surface area contributed by atoms with Crippen molar-refractivity contribution < 1.29 is 0 Å². The molecule has 1 aromatic heterocycles. The van der Waals surface area contributed by atoms with Gasteiger partial charge in [-0.3, -0.25) is 0 Å². The minimum atomic E-state index is 0.514. The van der Waals surface area contributed by atoms with Crippen molar-refractivity contribution in [3.05, 3.63) is 57.8 Å². The van der Waals surface area contributed by atoms with E-state index in [-0.39, 0.29) is 0 Å². The molecule has 1 N–H and O–H groups in total. The maximum atomic E-state index is 3.50. The molecule has 0 radical (unpaired) electrons. The Balaban J connectivity index is 1.76. The highest BCUT2D eigenvalue weighted by Gasteiger charge is 2.43. The van der Waals surface area contributed by atoms with Crippen molar-refractivity contribution in [2.45, 2.75) is 25.3 Å². The molecular weight excluding hydrogens is 238 g/mol. The molecule has 0 bridgehead atoms. The molecule has 1 aliphatic rings. The third-order valence-corrected chi connectivity index (χ3v) is 4.80. The number of hydrogen-bond acceptors (Lipinski definition) is 2. The molecular formula is C16H19NS. The fraction of sp³-hybridized carbons (Fsp3) is 0.375. The SMILES string of the molecule is CNC(c1csc(C)c1)C1CC1c1ccccc1. The number of nitrogens with one attached hydrogen (secondary N) is 1. The molecule has 3 unspecified atom stereocenters. The summed E-state index contributed by atoms with van der Waals surface area (Å²) in [6.45, 7) is 2.18. The van der Waals surface area contributed by atoms with Crippen molar-refractivity contribution >= 4 is 11.3 Å². The average Bonchev–Trinajstić information content (AvgIpc) is 3.07. The van der Waals surface area contributed by atoms with E-state index < -0.39 is 0 Å². The van der Waals surface area contributed by atoms with Gasteiger partial charge < -0.3 is 5.32 Å². The van der Waals surface area contributed by atoms with Gasteiger partial charge in [-0.25, -0.2) is 0 Å². The van der Waals surface area contributed by atoms with Crippen LogP contribution in [-0.2, 0) is 0 Å². The van der Waals surface area contributed by atoms with Crippen LogP contribution in [0.25, 0.3) is 0 Å². The second kappa shape index (κ2) is 4.87. The number of rotatable bonds is 4. The molecule has 2 heteroatoms. The first-order chi connectivity index (χ1) is 8.79. The van der Waals surface area contributed by atoms with Crippen LogP contribution in [0.2, 0.25) is 0 Å². The molecule has 1 aliphatic carbocycles. The monoisotopic (exact) mass is 257 g/mol. The predicted molar refractivity (Wildman–Crippen MR) is 78.1 cm³/mol. The predicted octanol–water partition coefficient (Wildman–Crippen LogP) is 4.12. The van der Waals surface area contributed by atoms with Crippen molar-refractivity contribution in [3.8, 4) is 0 Å². The first-order valence-corrected chi connectivity index (χ1v) is 7.45. The highest BCUT2D eigenvalue weighted by molar-refractivity contribution is 7.10. The molecule has 2 aromatic rings. The van der Waals surface area contributed by atoms with Gasteiger partial charge in [0.05, 0.1) is 0 Å². The van der Waals surface area contributed by atoms with E-state index in [0.717, 1.165) is 11.8 Å². The van der Waals surface area contributed by atoms with Gasteiger partial charge in [-0.2, -0.15) is 0 Å². The van der Waals surface area contributed by atoms with E-state index in [1.54, 1.807) is 0 Å². The summed E-state index contributed by atoms with van der Waals surface area (Å²) in [7, 11) is 2.08. The fourth-order valence-corrected chi connectivity index (χ4v) is 3.66. The molecule has 94 valence electrons. The molecule has 3 atom stereocenters. The maximum Gasteiger partial charge on any atom is 0.0360 e. The van der Waals surface area contributed by atoms with Crippen LogP contribution in [0.3, 0.4) is 0 Å². The average molecular weight is 257 g/mol. The fourth-order valence-electron chi connectivity index (χ4n) is 2.92. The van der Waals surface area contributed by atoms with Crippen LogP contribution in [0.1, 0.15) is 34.4 Å². The number of thiophene rings is 1. The van der Waals surface area contributed by atoms with Crippen molar-refractivity contribution in [1.29, 1.82) is 0 Å². The van der Waals surface area contributed by atoms with E-state index in [4.69, 9.17) is 0 Å². The number of benzene rings is 1. The Morgan fingerprint density at radius 3 is 2.67 bits per heavy atom. The van der Waals surface area contributed by atoms with E-state index in [1.165, 1.54) is 22.4 Å². The van der Waals surface area contributed by atoms with Crippen LogP contribution in [0.15, 0.2) is 41.8 Å². The molecule has 1 aromatic carbocycles. The lowest BCUT2D eigenvalue weighted by atomic mass is 10.0. The quantitative estimate of drug-likeness (QED) is 0.868. The molecule has 1 saturated carbocycles. The van der Waals surface area contributed by atoms with Crippen molar-refractivity contribution in [2.75, 3.05) is 7.05 Å². The summed E-state index contributed by atoms with van der Waals surface area (Å²) in [5.41, 5.74) is 2.96. The first-order valence-electron chi connectivity index (χ1n) is 6.57. The van der Waals surface area contributed by atoms with Gasteiger partial charge in [0.2, 0.25) is 0 Å². The largest absolute Gasteiger partial charge is 0.313 e. The summed E-state index contributed by atoms with van der Waals surface area (Å²) in [6, 6.07) is 13.7. The van der Waals surface area contributed by atoms with Crippen molar-refractivity contribution in [3.63, 3.8) is 0 Å². The standard InChI is InChI=1S/C16H19NS/c1-11-8-13(10-18-11)16(17-2)15-9-14(15)12-6-4-3-5-7-12/h3-8,10,14-17H,9H2,1-2H3. The smallest absolute Gasteiger partial charge is 0.0360 e. The topological polar surface area (TPSA) is 12.0 Å². The summed E-state index contributed by atoms with van der Waals surface area (Å²) < 4.78 is 0. The highest BCUT2D eigenvalue weighted by atomic mass is 32.1. The molecule has 0 spiro atoms. The second-order valence-corrected chi connectivity index (χ2v) is 6.29. The van der Waals surface area contributed by atoms with Crippen molar-refractivity contribution in [1.82, 2.24) is 5.32 Å². The first kappa shape index (κ1) is 11.9. The van der Waals surface area contributed by atoms with E-state index in [9.17, 15) is 0 Å². The van der Waals surface area contributed by atoms with Gasteiger partial charge in [-0.1, -0.05) is 30.3 Å². The Morgan fingerprint density at radius 2 is 2.06 bits per heavy atom. The molecule has 0 aliphatic heterocycles.